The predicted octanol–water partition coefficient (Wildman–Crippen LogP) is 3.68. The molecule has 3 aromatic rings. The van der Waals surface area contributed by atoms with Crippen LogP contribution < -0.4 is 10.2 Å². The topological polar surface area (TPSA) is 70.6 Å². The Bertz CT molecular complexity index is 964. The zero-order valence-corrected chi connectivity index (χ0v) is 16.8. The van der Waals surface area contributed by atoms with Gasteiger partial charge in [-0.05, 0) is 44.3 Å². The van der Waals surface area contributed by atoms with Gasteiger partial charge in [-0.1, -0.05) is 0 Å². The minimum absolute atomic E-state index is 0.343. The van der Waals surface area contributed by atoms with Crippen molar-refractivity contribution in [1.82, 2.24) is 14.9 Å². The molecule has 1 N–H and O–H groups in total. The maximum Gasteiger partial charge on any atom is 0.411 e. The summed E-state index contributed by atoms with van der Waals surface area (Å²) in [5.74, 6) is 1.01. The summed E-state index contributed by atoms with van der Waals surface area (Å²) in [5, 5.41) is 3.64. The fourth-order valence-electron chi connectivity index (χ4n) is 3.15. The maximum atomic E-state index is 11.6. The minimum Gasteiger partial charge on any atom is -0.450 e. The Balaban J connectivity index is 1.51. The number of ether oxygens (including phenoxy) is 1. The van der Waals surface area contributed by atoms with Crippen LogP contribution in [-0.4, -0.2) is 60.8 Å². The first-order valence-electron chi connectivity index (χ1n) is 9.36. The van der Waals surface area contributed by atoms with Gasteiger partial charge in [-0.25, -0.2) is 14.8 Å². The molecule has 1 aliphatic heterocycles. The van der Waals surface area contributed by atoms with Crippen LogP contribution in [0.1, 0.15) is 6.92 Å². The molecule has 3 heterocycles. The Morgan fingerprint density at radius 1 is 1.21 bits per heavy atom. The van der Waals surface area contributed by atoms with Crippen molar-refractivity contribution < 1.29 is 9.53 Å². The van der Waals surface area contributed by atoms with Gasteiger partial charge in [0.05, 0.1) is 16.8 Å². The van der Waals surface area contributed by atoms with E-state index in [1.54, 1.807) is 18.3 Å². The van der Waals surface area contributed by atoms with Gasteiger partial charge < -0.3 is 14.5 Å². The van der Waals surface area contributed by atoms with Crippen molar-refractivity contribution in [3.63, 3.8) is 0 Å². The molecule has 0 radical (unpaired) electrons. The molecule has 146 valence electrons. The van der Waals surface area contributed by atoms with Crippen molar-refractivity contribution in [1.29, 1.82) is 0 Å². The molecule has 1 saturated heterocycles. The first-order chi connectivity index (χ1) is 13.6. The minimum atomic E-state index is -0.449. The highest BCUT2D eigenvalue weighted by atomic mass is 32.1. The molecule has 1 aromatic carbocycles. The number of anilines is 2. The van der Waals surface area contributed by atoms with E-state index in [0.29, 0.717) is 12.3 Å². The van der Waals surface area contributed by atoms with Crippen LogP contribution in [0.5, 0.6) is 0 Å². The van der Waals surface area contributed by atoms with Crippen molar-refractivity contribution in [3.05, 3.63) is 36.5 Å². The van der Waals surface area contributed by atoms with E-state index < -0.39 is 6.09 Å². The highest BCUT2D eigenvalue weighted by Gasteiger charge is 2.16. The van der Waals surface area contributed by atoms with E-state index in [4.69, 9.17) is 9.72 Å². The van der Waals surface area contributed by atoms with Gasteiger partial charge in [-0.3, -0.25) is 5.32 Å². The number of aromatic nitrogens is 2. The third-order valence-electron chi connectivity index (χ3n) is 4.73. The molecule has 2 aromatic heterocycles. The lowest BCUT2D eigenvalue weighted by Gasteiger charge is -2.33. The van der Waals surface area contributed by atoms with Crippen molar-refractivity contribution in [2.45, 2.75) is 6.92 Å². The third-order valence-corrected chi connectivity index (χ3v) is 5.80. The van der Waals surface area contributed by atoms with E-state index in [9.17, 15) is 4.79 Å². The fraction of sp³-hybridized carbons (Fsp3) is 0.350. The fourth-order valence-corrected chi connectivity index (χ4v) is 4.14. The van der Waals surface area contributed by atoms with Gasteiger partial charge in [0.2, 0.25) is 0 Å². The van der Waals surface area contributed by atoms with Gasteiger partial charge in [-0.15, -0.1) is 11.3 Å². The van der Waals surface area contributed by atoms with E-state index in [2.05, 4.69) is 39.3 Å². The van der Waals surface area contributed by atoms with Crippen LogP contribution in [0.25, 0.3) is 20.8 Å². The zero-order chi connectivity index (χ0) is 19.5. The summed E-state index contributed by atoms with van der Waals surface area (Å²) in [6.07, 6.45) is 1.44. The Kier molecular flexibility index (Phi) is 5.40. The lowest BCUT2D eigenvalue weighted by atomic mass is 10.2. The SMILES string of the molecule is CCOC(=O)Nc1ccc2nc(-c3ccc(N4CCN(C)CC4)nc3)sc2c1. The normalized spacial score (nSPS) is 15.0. The number of thiazole rings is 1. The van der Waals surface area contributed by atoms with Crippen LogP contribution in [0, 0.1) is 0 Å². The van der Waals surface area contributed by atoms with Gasteiger partial charge in [-0.2, -0.15) is 0 Å². The van der Waals surface area contributed by atoms with E-state index >= 15 is 0 Å². The summed E-state index contributed by atoms with van der Waals surface area (Å²) >= 11 is 1.58. The molecule has 0 aliphatic carbocycles. The summed E-state index contributed by atoms with van der Waals surface area (Å²) in [4.78, 5) is 25.6. The number of carbonyl (C=O) groups excluding carboxylic acids is 1. The first-order valence-corrected chi connectivity index (χ1v) is 10.2. The highest BCUT2D eigenvalue weighted by Crippen LogP contribution is 2.32. The summed E-state index contributed by atoms with van der Waals surface area (Å²) < 4.78 is 5.93. The van der Waals surface area contributed by atoms with Gasteiger partial charge >= 0.3 is 6.09 Å². The summed E-state index contributed by atoms with van der Waals surface area (Å²) in [7, 11) is 2.15. The average Bonchev–Trinajstić information content (AvgIpc) is 3.12. The molecule has 1 amide bonds. The Hall–Kier alpha value is -2.71. The largest absolute Gasteiger partial charge is 0.450 e. The van der Waals surface area contributed by atoms with Crippen molar-refractivity contribution in [2.75, 3.05) is 50.1 Å². The van der Waals surface area contributed by atoms with Crippen LogP contribution in [0.4, 0.5) is 16.3 Å². The molecule has 7 nitrogen and oxygen atoms in total. The molecule has 4 rings (SSSR count). The number of hydrogen-bond acceptors (Lipinski definition) is 7. The van der Waals surface area contributed by atoms with Crippen LogP contribution in [-0.2, 0) is 4.74 Å². The molecular formula is C20H23N5O2S. The summed E-state index contributed by atoms with van der Waals surface area (Å²) in [6.45, 7) is 6.24. The first kappa shape index (κ1) is 18.6. The van der Waals surface area contributed by atoms with Gasteiger partial charge in [0, 0.05) is 43.6 Å². The average molecular weight is 398 g/mol. The third kappa shape index (κ3) is 4.07. The highest BCUT2D eigenvalue weighted by molar-refractivity contribution is 7.21. The van der Waals surface area contributed by atoms with Crippen LogP contribution in [0.3, 0.4) is 0 Å². The number of piperazine rings is 1. The monoisotopic (exact) mass is 397 g/mol. The number of pyridine rings is 1. The number of hydrogen-bond donors (Lipinski definition) is 1. The zero-order valence-electron chi connectivity index (χ0n) is 16.0. The smallest absolute Gasteiger partial charge is 0.411 e. The molecule has 0 saturated carbocycles. The van der Waals surface area contributed by atoms with Crippen LogP contribution in [0.2, 0.25) is 0 Å². The van der Waals surface area contributed by atoms with E-state index in [-0.39, 0.29) is 0 Å². The number of carbonyl (C=O) groups is 1. The second kappa shape index (κ2) is 8.12. The van der Waals surface area contributed by atoms with Crippen molar-refractivity contribution in [3.8, 4) is 10.6 Å². The molecule has 0 unspecified atom stereocenters. The molecule has 8 heteroatoms. The quantitative estimate of drug-likeness (QED) is 0.724. The number of nitrogens with zero attached hydrogens (tertiary/aromatic N) is 4. The second-order valence-corrected chi connectivity index (χ2v) is 7.77. The number of amides is 1. The number of rotatable bonds is 4. The second-order valence-electron chi connectivity index (χ2n) is 6.74. The van der Waals surface area contributed by atoms with Crippen LogP contribution >= 0.6 is 11.3 Å². The lowest BCUT2D eigenvalue weighted by molar-refractivity contribution is 0.168. The lowest BCUT2D eigenvalue weighted by Crippen LogP contribution is -2.44. The number of benzene rings is 1. The Morgan fingerprint density at radius 2 is 2.04 bits per heavy atom. The molecule has 1 aliphatic rings. The maximum absolute atomic E-state index is 11.6. The van der Waals surface area contributed by atoms with Gasteiger partial charge in [0.1, 0.15) is 10.8 Å². The molecule has 0 atom stereocenters. The molecule has 0 spiro atoms. The van der Waals surface area contributed by atoms with Gasteiger partial charge in [0.15, 0.2) is 0 Å². The van der Waals surface area contributed by atoms with E-state index in [1.807, 2.05) is 24.4 Å². The molecular weight excluding hydrogens is 374 g/mol. The van der Waals surface area contributed by atoms with Crippen molar-refractivity contribution >= 4 is 39.2 Å². The molecule has 0 bridgehead atoms. The number of nitrogens with one attached hydrogen (secondary N) is 1. The molecule has 1 fully saturated rings. The summed E-state index contributed by atoms with van der Waals surface area (Å²) in [6, 6.07) is 9.80. The van der Waals surface area contributed by atoms with E-state index in [0.717, 1.165) is 52.8 Å². The van der Waals surface area contributed by atoms with E-state index in [1.165, 1.54) is 0 Å². The Labute approximate surface area is 168 Å². The Morgan fingerprint density at radius 3 is 2.75 bits per heavy atom. The van der Waals surface area contributed by atoms with Crippen molar-refractivity contribution in [2.24, 2.45) is 0 Å². The number of fused-ring (bicyclic) bond motifs is 1. The van der Waals surface area contributed by atoms with Crippen LogP contribution in [0.15, 0.2) is 36.5 Å². The summed E-state index contributed by atoms with van der Waals surface area (Å²) in [5.41, 5.74) is 2.60. The number of likely N-dealkylation sites (N-methyl/N-ethyl adjacent to an activating group) is 1. The van der Waals surface area contributed by atoms with Gasteiger partial charge in [0.25, 0.3) is 0 Å². The standard InChI is InChI=1S/C20H23N5O2S/c1-3-27-20(26)22-15-5-6-16-17(12-15)28-19(23-16)14-4-7-18(21-13-14)25-10-8-24(2)9-11-25/h4-7,12-13H,3,8-11H2,1-2H3,(H,22,26). The molecule has 28 heavy (non-hydrogen) atoms. The predicted molar refractivity (Wildman–Crippen MR) is 113 cm³/mol.